The number of nitrogens with zero attached hydrogens (tertiary/aromatic N) is 2. The van der Waals surface area contributed by atoms with Crippen LogP contribution in [0.3, 0.4) is 0 Å². The summed E-state index contributed by atoms with van der Waals surface area (Å²) in [5.41, 5.74) is 4.17. The number of rotatable bonds is 5. The molecule has 140 valence electrons. The van der Waals surface area contributed by atoms with E-state index in [0.29, 0.717) is 13.0 Å². The Morgan fingerprint density at radius 1 is 1.22 bits per heavy atom. The van der Waals surface area contributed by atoms with Crippen molar-refractivity contribution < 1.29 is 9.53 Å². The minimum absolute atomic E-state index is 0.0140. The standard InChI is InChI=1S/C21H24N4O2/c1-15-18(17-4-2-3-5-19(17)24-15)12-21(26)23-14-16-6-7-20(22-13-16)25-8-10-27-11-9-25/h2-7,13,24H,8-12,14H2,1H3,(H,23,26). The van der Waals surface area contributed by atoms with Gasteiger partial charge >= 0.3 is 0 Å². The van der Waals surface area contributed by atoms with E-state index in [4.69, 9.17) is 4.74 Å². The quantitative estimate of drug-likeness (QED) is 0.730. The maximum atomic E-state index is 12.4. The number of hydrogen-bond acceptors (Lipinski definition) is 4. The summed E-state index contributed by atoms with van der Waals surface area (Å²) in [6.07, 6.45) is 2.21. The highest BCUT2D eigenvalue weighted by molar-refractivity contribution is 5.90. The summed E-state index contributed by atoms with van der Waals surface area (Å²) in [7, 11) is 0. The minimum atomic E-state index is 0.0140. The molecule has 1 amide bonds. The lowest BCUT2D eigenvalue weighted by Crippen LogP contribution is -2.36. The van der Waals surface area contributed by atoms with Gasteiger partial charge in [0, 0.05) is 42.4 Å². The molecule has 1 saturated heterocycles. The van der Waals surface area contributed by atoms with E-state index in [9.17, 15) is 4.79 Å². The number of aromatic nitrogens is 2. The summed E-state index contributed by atoms with van der Waals surface area (Å²) in [5.74, 6) is 0.975. The first-order chi connectivity index (χ1) is 13.2. The number of para-hydroxylation sites is 1. The number of fused-ring (bicyclic) bond motifs is 1. The van der Waals surface area contributed by atoms with Gasteiger partial charge in [0.25, 0.3) is 0 Å². The Morgan fingerprint density at radius 3 is 2.81 bits per heavy atom. The molecular formula is C21H24N4O2. The first kappa shape index (κ1) is 17.5. The van der Waals surface area contributed by atoms with E-state index in [1.165, 1.54) is 0 Å². The lowest BCUT2D eigenvalue weighted by atomic mass is 10.1. The SMILES string of the molecule is Cc1[nH]c2ccccc2c1CC(=O)NCc1ccc(N2CCOCC2)nc1. The normalized spacial score (nSPS) is 14.5. The van der Waals surface area contributed by atoms with E-state index < -0.39 is 0 Å². The maximum Gasteiger partial charge on any atom is 0.224 e. The van der Waals surface area contributed by atoms with Crippen molar-refractivity contribution in [1.82, 2.24) is 15.3 Å². The molecule has 0 atom stereocenters. The van der Waals surface area contributed by atoms with Gasteiger partial charge in [-0.15, -0.1) is 0 Å². The molecule has 2 aromatic heterocycles. The number of benzene rings is 1. The number of aromatic amines is 1. The van der Waals surface area contributed by atoms with Gasteiger partial charge in [-0.1, -0.05) is 24.3 Å². The lowest BCUT2D eigenvalue weighted by molar-refractivity contribution is -0.120. The van der Waals surface area contributed by atoms with Crippen LogP contribution in [0, 0.1) is 6.92 Å². The first-order valence-electron chi connectivity index (χ1n) is 9.31. The number of H-pyrrole nitrogens is 1. The zero-order valence-corrected chi connectivity index (χ0v) is 15.5. The van der Waals surface area contributed by atoms with Gasteiger partial charge in [-0.25, -0.2) is 4.98 Å². The Balaban J connectivity index is 1.35. The minimum Gasteiger partial charge on any atom is -0.378 e. The lowest BCUT2D eigenvalue weighted by Gasteiger charge is -2.27. The monoisotopic (exact) mass is 364 g/mol. The molecule has 0 unspecified atom stereocenters. The van der Waals surface area contributed by atoms with Crippen molar-refractivity contribution in [3.63, 3.8) is 0 Å². The number of morpholine rings is 1. The number of nitrogens with one attached hydrogen (secondary N) is 2. The van der Waals surface area contributed by atoms with Crippen molar-refractivity contribution in [2.45, 2.75) is 19.9 Å². The molecule has 2 N–H and O–H groups in total. The summed E-state index contributed by atoms with van der Waals surface area (Å²) in [6, 6.07) is 12.1. The Labute approximate surface area is 158 Å². The van der Waals surface area contributed by atoms with Crippen LogP contribution in [0.1, 0.15) is 16.8 Å². The van der Waals surface area contributed by atoms with E-state index in [2.05, 4.69) is 26.3 Å². The predicted octanol–water partition coefficient (Wildman–Crippen LogP) is 2.57. The molecule has 4 rings (SSSR count). The maximum absolute atomic E-state index is 12.4. The number of ether oxygens (including phenoxy) is 1. The van der Waals surface area contributed by atoms with E-state index in [-0.39, 0.29) is 5.91 Å². The number of hydrogen-bond donors (Lipinski definition) is 2. The van der Waals surface area contributed by atoms with Crippen LogP contribution in [0.15, 0.2) is 42.6 Å². The molecule has 3 aromatic rings. The molecule has 6 heteroatoms. The van der Waals surface area contributed by atoms with Crippen LogP contribution in [0.4, 0.5) is 5.82 Å². The third-order valence-corrected chi connectivity index (χ3v) is 5.00. The highest BCUT2D eigenvalue weighted by atomic mass is 16.5. The molecule has 0 bridgehead atoms. The van der Waals surface area contributed by atoms with Crippen molar-refractivity contribution in [1.29, 1.82) is 0 Å². The molecule has 1 fully saturated rings. The van der Waals surface area contributed by atoms with Gasteiger partial charge in [0.1, 0.15) is 5.82 Å². The van der Waals surface area contributed by atoms with Crippen LogP contribution >= 0.6 is 0 Å². The van der Waals surface area contributed by atoms with Gasteiger partial charge in [-0.05, 0) is 30.2 Å². The second-order valence-corrected chi connectivity index (χ2v) is 6.85. The molecule has 27 heavy (non-hydrogen) atoms. The summed E-state index contributed by atoms with van der Waals surface area (Å²) < 4.78 is 5.37. The van der Waals surface area contributed by atoms with Gasteiger partial charge in [-0.2, -0.15) is 0 Å². The fraction of sp³-hybridized carbons (Fsp3) is 0.333. The molecule has 1 aromatic carbocycles. The van der Waals surface area contributed by atoms with Crippen LogP contribution in [0.5, 0.6) is 0 Å². The summed E-state index contributed by atoms with van der Waals surface area (Å²) in [5, 5.41) is 4.11. The highest BCUT2D eigenvalue weighted by Gasteiger charge is 2.13. The number of carbonyl (C=O) groups is 1. The average molecular weight is 364 g/mol. The molecule has 0 saturated carbocycles. The van der Waals surface area contributed by atoms with E-state index in [0.717, 1.165) is 59.8 Å². The summed E-state index contributed by atoms with van der Waals surface area (Å²) in [4.78, 5) is 22.5. The molecular weight excluding hydrogens is 340 g/mol. The summed E-state index contributed by atoms with van der Waals surface area (Å²) in [6.45, 7) is 5.72. The smallest absolute Gasteiger partial charge is 0.224 e. The fourth-order valence-electron chi connectivity index (χ4n) is 3.49. The van der Waals surface area contributed by atoms with Crippen LogP contribution in [0.25, 0.3) is 10.9 Å². The Bertz CT molecular complexity index is 927. The molecule has 0 aliphatic carbocycles. The van der Waals surface area contributed by atoms with Gasteiger partial charge in [0.15, 0.2) is 0 Å². The predicted molar refractivity (Wildman–Crippen MR) is 106 cm³/mol. The number of carbonyl (C=O) groups excluding carboxylic acids is 1. The molecule has 3 heterocycles. The zero-order valence-electron chi connectivity index (χ0n) is 15.5. The Kier molecular flexibility index (Phi) is 5.07. The number of aryl methyl sites for hydroxylation is 1. The fourth-order valence-corrected chi connectivity index (χ4v) is 3.49. The third-order valence-electron chi connectivity index (χ3n) is 5.00. The van der Waals surface area contributed by atoms with Crippen LogP contribution in [0.2, 0.25) is 0 Å². The van der Waals surface area contributed by atoms with Crippen LogP contribution in [-0.4, -0.2) is 42.2 Å². The number of pyridine rings is 1. The van der Waals surface area contributed by atoms with Crippen LogP contribution in [-0.2, 0) is 22.5 Å². The largest absolute Gasteiger partial charge is 0.378 e. The van der Waals surface area contributed by atoms with Crippen molar-refractivity contribution in [3.05, 3.63) is 59.4 Å². The Hall–Kier alpha value is -2.86. The molecule has 0 radical (unpaired) electrons. The van der Waals surface area contributed by atoms with E-state index >= 15 is 0 Å². The van der Waals surface area contributed by atoms with Gasteiger partial charge in [0.05, 0.1) is 19.6 Å². The average Bonchev–Trinajstić information content (AvgIpc) is 3.03. The van der Waals surface area contributed by atoms with Crippen molar-refractivity contribution in [3.8, 4) is 0 Å². The summed E-state index contributed by atoms with van der Waals surface area (Å²) >= 11 is 0. The molecule has 0 spiro atoms. The van der Waals surface area contributed by atoms with Crippen molar-refractivity contribution >= 4 is 22.6 Å². The second kappa shape index (κ2) is 7.80. The molecule has 6 nitrogen and oxygen atoms in total. The number of anilines is 1. The third kappa shape index (κ3) is 3.95. The first-order valence-corrected chi connectivity index (χ1v) is 9.31. The van der Waals surface area contributed by atoms with Crippen molar-refractivity contribution in [2.75, 3.05) is 31.2 Å². The molecule has 1 aliphatic heterocycles. The highest BCUT2D eigenvalue weighted by Crippen LogP contribution is 2.22. The zero-order chi connectivity index (χ0) is 18.6. The van der Waals surface area contributed by atoms with Crippen molar-refractivity contribution in [2.24, 2.45) is 0 Å². The van der Waals surface area contributed by atoms with Crippen LogP contribution < -0.4 is 10.2 Å². The molecule has 1 aliphatic rings. The topological polar surface area (TPSA) is 70.2 Å². The van der Waals surface area contributed by atoms with E-state index in [1.54, 1.807) is 0 Å². The van der Waals surface area contributed by atoms with E-state index in [1.807, 2.05) is 43.5 Å². The second-order valence-electron chi connectivity index (χ2n) is 6.85. The van der Waals surface area contributed by atoms with Gasteiger partial charge < -0.3 is 19.9 Å². The van der Waals surface area contributed by atoms with Gasteiger partial charge in [0.2, 0.25) is 5.91 Å². The number of amides is 1. The van der Waals surface area contributed by atoms with Gasteiger partial charge in [-0.3, -0.25) is 4.79 Å². The Morgan fingerprint density at radius 2 is 2.04 bits per heavy atom.